The van der Waals surface area contributed by atoms with Crippen LogP contribution in [0.4, 0.5) is 23.4 Å². The third-order valence-corrected chi connectivity index (χ3v) is 5.01. The number of ether oxygens (including phenoxy) is 1. The van der Waals surface area contributed by atoms with E-state index < -0.39 is 17.9 Å². The second-order valence-corrected chi connectivity index (χ2v) is 8.06. The van der Waals surface area contributed by atoms with E-state index in [0.29, 0.717) is 23.9 Å². The summed E-state index contributed by atoms with van der Waals surface area (Å²) in [4.78, 5) is 8.81. The van der Waals surface area contributed by atoms with Gasteiger partial charge in [-0.05, 0) is 50.3 Å². The minimum atomic E-state index is -4.85. The molecule has 35 heavy (non-hydrogen) atoms. The molecule has 0 aliphatic heterocycles. The molecular formula is C25H38F4N2O4. The van der Waals surface area contributed by atoms with Crippen LogP contribution < -0.4 is 10.1 Å². The summed E-state index contributed by atoms with van der Waals surface area (Å²) in [6.07, 6.45) is 1.87. The first-order valence-corrected chi connectivity index (χ1v) is 11.7. The third kappa shape index (κ3) is 15.1. The molecule has 0 bridgehead atoms. The third-order valence-electron chi connectivity index (χ3n) is 5.01. The number of hydrogen-bond acceptors (Lipinski definition) is 6. The average molecular weight is 507 g/mol. The van der Waals surface area contributed by atoms with E-state index in [1.165, 1.54) is 32.3 Å². The van der Waals surface area contributed by atoms with Gasteiger partial charge in [0, 0.05) is 18.5 Å². The van der Waals surface area contributed by atoms with Crippen molar-refractivity contribution in [2.75, 3.05) is 18.5 Å². The number of carbonyl (C=O) groups excluding carboxylic acids is 1. The minimum Gasteiger partial charge on any atom is -0.403 e. The number of hydrogen-bond donors (Lipinski definition) is 2. The second-order valence-electron chi connectivity index (χ2n) is 8.06. The van der Waals surface area contributed by atoms with E-state index in [0.717, 1.165) is 42.9 Å². The summed E-state index contributed by atoms with van der Waals surface area (Å²) in [5, 5.41) is 16.0. The van der Waals surface area contributed by atoms with Gasteiger partial charge in [-0.25, -0.2) is 4.39 Å². The Bertz CT molecular complexity index is 828. The van der Waals surface area contributed by atoms with Crippen molar-refractivity contribution in [2.24, 2.45) is 5.92 Å². The Labute approximate surface area is 205 Å². The molecule has 6 nitrogen and oxygen atoms in total. The van der Waals surface area contributed by atoms with E-state index in [4.69, 9.17) is 14.4 Å². The van der Waals surface area contributed by atoms with E-state index >= 15 is 0 Å². The van der Waals surface area contributed by atoms with Crippen LogP contribution in [0.5, 0.6) is 5.75 Å². The number of nitrogens with one attached hydrogen (secondary N) is 1. The highest BCUT2D eigenvalue weighted by molar-refractivity contribution is 5.44. The molecule has 2 rings (SSSR count). The molecule has 0 fully saturated rings. The Morgan fingerprint density at radius 1 is 1.20 bits per heavy atom. The predicted octanol–water partition coefficient (Wildman–Crippen LogP) is 7.03. The number of aliphatic hydroxyl groups excluding tert-OH is 1. The fourth-order valence-corrected chi connectivity index (χ4v) is 3.04. The maximum Gasteiger partial charge on any atom is 0.573 e. The van der Waals surface area contributed by atoms with E-state index in [1.807, 2.05) is 6.07 Å². The van der Waals surface area contributed by atoms with Gasteiger partial charge in [-0.3, -0.25) is 0 Å². The Morgan fingerprint density at radius 2 is 1.86 bits per heavy atom. The number of rotatable bonds is 11. The summed E-state index contributed by atoms with van der Waals surface area (Å²) >= 11 is 0. The van der Waals surface area contributed by atoms with Crippen LogP contribution in [0, 0.1) is 18.7 Å². The Balaban J connectivity index is 0.000000626. The molecule has 1 aromatic carbocycles. The summed E-state index contributed by atoms with van der Waals surface area (Å²) in [5.74, 6) is 0.106. The van der Waals surface area contributed by atoms with Crippen molar-refractivity contribution in [3.05, 3.63) is 41.3 Å². The summed E-state index contributed by atoms with van der Waals surface area (Å²) in [5.41, 5.74) is 1.58. The van der Waals surface area contributed by atoms with Gasteiger partial charge in [0.1, 0.15) is 6.29 Å². The van der Waals surface area contributed by atoms with Crippen LogP contribution in [-0.4, -0.2) is 36.1 Å². The Hall–Kier alpha value is -2.62. The van der Waals surface area contributed by atoms with Crippen molar-refractivity contribution in [1.82, 2.24) is 5.16 Å². The van der Waals surface area contributed by atoms with Crippen molar-refractivity contribution >= 4 is 12.2 Å². The van der Waals surface area contributed by atoms with Gasteiger partial charge in [0.25, 0.3) is 0 Å². The fraction of sp³-hybridized carbons (Fsp3) is 0.600. The van der Waals surface area contributed by atoms with Crippen LogP contribution in [0.2, 0.25) is 0 Å². The van der Waals surface area contributed by atoms with Gasteiger partial charge in [-0.2, -0.15) is 0 Å². The number of aliphatic hydroxyl groups is 1. The summed E-state index contributed by atoms with van der Waals surface area (Å²) in [7, 11) is 0. The minimum absolute atomic E-state index is 0.0996. The molecule has 0 amide bonds. The average Bonchev–Trinajstić information content (AvgIpc) is 3.26. The fourth-order valence-electron chi connectivity index (χ4n) is 3.04. The van der Waals surface area contributed by atoms with Gasteiger partial charge in [-0.15, -0.1) is 13.2 Å². The van der Waals surface area contributed by atoms with Crippen LogP contribution in [-0.2, 0) is 4.79 Å². The van der Waals surface area contributed by atoms with Gasteiger partial charge in [0.15, 0.2) is 11.6 Å². The lowest BCUT2D eigenvalue weighted by Gasteiger charge is -2.15. The first-order valence-electron chi connectivity index (χ1n) is 11.7. The van der Waals surface area contributed by atoms with Crippen LogP contribution in [0.15, 0.2) is 28.8 Å². The zero-order chi connectivity index (χ0) is 26.9. The Morgan fingerprint density at radius 3 is 2.37 bits per heavy atom. The molecule has 10 heteroatoms. The number of aryl methyl sites for hydroxylation is 1. The SMILES string of the molecule is CC=O.CCCC(CCC(C)CC)c1cc(NCCO)on1.Cc1ccc(OC(F)(F)F)c(F)c1. The molecule has 2 unspecified atom stereocenters. The number of benzene rings is 1. The lowest BCUT2D eigenvalue weighted by atomic mass is 9.90. The number of aromatic nitrogens is 1. The molecule has 2 atom stereocenters. The zero-order valence-corrected chi connectivity index (χ0v) is 21.1. The molecule has 200 valence electrons. The number of alkyl halides is 3. The van der Waals surface area contributed by atoms with Crippen LogP contribution in [0.1, 0.15) is 77.0 Å². The monoisotopic (exact) mass is 506 g/mol. The van der Waals surface area contributed by atoms with Crippen LogP contribution >= 0.6 is 0 Å². The molecule has 0 saturated carbocycles. The first kappa shape index (κ1) is 32.4. The van der Waals surface area contributed by atoms with Gasteiger partial charge >= 0.3 is 6.36 Å². The van der Waals surface area contributed by atoms with Crippen molar-refractivity contribution < 1.29 is 36.7 Å². The maximum atomic E-state index is 12.8. The van der Waals surface area contributed by atoms with Crippen molar-refractivity contribution in [2.45, 2.75) is 79.0 Å². The topological polar surface area (TPSA) is 84.6 Å². The number of carbonyl (C=O) groups is 1. The lowest BCUT2D eigenvalue weighted by Crippen LogP contribution is -2.17. The van der Waals surface area contributed by atoms with Crippen LogP contribution in [0.3, 0.4) is 0 Å². The first-order chi connectivity index (χ1) is 16.5. The summed E-state index contributed by atoms with van der Waals surface area (Å²) in [6.45, 7) is 10.4. The van der Waals surface area contributed by atoms with Crippen LogP contribution in [0.25, 0.3) is 0 Å². The summed E-state index contributed by atoms with van der Waals surface area (Å²) < 4.78 is 56.3. The smallest absolute Gasteiger partial charge is 0.403 e. The highest BCUT2D eigenvalue weighted by Gasteiger charge is 2.32. The molecule has 0 aliphatic carbocycles. The van der Waals surface area contributed by atoms with Crippen molar-refractivity contribution in [1.29, 1.82) is 0 Å². The zero-order valence-electron chi connectivity index (χ0n) is 21.1. The Kier molecular flexibility index (Phi) is 16.4. The maximum absolute atomic E-state index is 12.8. The predicted molar refractivity (Wildman–Crippen MR) is 128 cm³/mol. The number of nitrogens with zero attached hydrogens (tertiary/aromatic N) is 1. The molecular weight excluding hydrogens is 468 g/mol. The van der Waals surface area contributed by atoms with Crippen molar-refractivity contribution in [3.63, 3.8) is 0 Å². The number of aldehydes is 1. The lowest BCUT2D eigenvalue weighted by molar-refractivity contribution is -0.275. The molecule has 2 aromatic rings. The quantitative estimate of drug-likeness (QED) is 0.251. The number of anilines is 1. The van der Waals surface area contributed by atoms with Gasteiger partial charge in [-0.1, -0.05) is 51.3 Å². The molecule has 0 aliphatic rings. The normalized spacial score (nSPS) is 12.4. The second kappa shape index (κ2) is 17.8. The van der Waals surface area contributed by atoms with Crippen molar-refractivity contribution in [3.8, 4) is 5.75 Å². The van der Waals surface area contributed by atoms with Gasteiger partial charge in [0.05, 0.1) is 12.3 Å². The molecule has 0 saturated heterocycles. The molecule has 1 heterocycles. The standard InChI is InChI=1S/C15H28N2O2.C8H6F4O.C2H4O/c1-4-6-13(8-7-12(3)5-2)14-11-15(19-17-14)16-9-10-18;1-5-2-3-7(6(9)4-5)13-8(10,11)12;1-2-3/h11-13,16,18H,4-10H2,1-3H3;2-4H,1H3;2H,1H3. The summed E-state index contributed by atoms with van der Waals surface area (Å²) in [6, 6.07) is 5.23. The molecule has 0 spiro atoms. The number of halogens is 4. The molecule has 0 radical (unpaired) electrons. The van der Waals surface area contributed by atoms with Gasteiger partial charge < -0.3 is 24.5 Å². The van der Waals surface area contributed by atoms with E-state index in [2.05, 4.69) is 36.0 Å². The van der Waals surface area contributed by atoms with Gasteiger partial charge in [0.2, 0.25) is 5.88 Å². The highest BCUT2D eigenvalue weighted by Crippen LogP contribution is 2.29. The molecule has 1 aromatic heterocycles. The molecule has 2 N–H and O–H groups in total. The van der Waals surface area contributed by atoms with E-state index in [1.54, 1.807) is 6.92 Å². The highest BCUT2D eigenvalue weighted by atomic mass is 19.4. The largest absolute Gasteiger partial charge is 0.573 e. The van der Waals surface area contributed by atoms with E-state index in [-0.39, 0.29) is 6.61 Å². The van der Waals surface area contributed by atoms with E-state index in [9.17, 15) is 17.6 Å².